The summed E-state index contributed by atoms with van der Waals surface area (Å²) in [5.41, 5.74) is 6.97. The minimum absolute atomic E-state index is 0.0616. The van der Waals surface area contributed by atoms with E-state index in [1.165, 1.54) is 27.8 Å². The van der Waals surface area contributed by atoms with E-state index in [2.05, 4.69) is 84.8 Å². The summed E-state index contributed by atoms with van der Waals surface area (Å²) in [7, 11) is 0. The maximum Gasteiger partial charge on any atom is 0.233 e. The van der Waals surface area contributed by atoms with Crippen LogP contribution in [0.1, 0.15) is 53.0 Å². The van der Waals surface area contributed by atoms with Crippen LogP contribution >= 0.6 is 11.3 Å². The molecule has 1 unspecified atom stereocenters. The van der Waals surface area contributed by atoms with E-state index in [4.69, 9.17) is 0 Å². The first-order chi connectivity index (χ1) is 14.5. The van der Waals surface area contributed by atoms with Crippen LogP contribution in [0.2, 0.25) is 0 Å². The van der Waals surface area contributed by atoms with Gasteiger partial charge < -0.3 is 5.32 Å². The van der Waals surface area contributed by atoms with E-state index >= 15 is 0 Å². The molecule has 1 N–H and O–H groups in total. The van der Waals surface area contributed by atoms with Crippen molar-refractivity contribution in [1.29, 1.82) is 0 Å². The van der Waals surface area contributed by atoms with Gasteiger partial charge in [-0.15, -0.1) is 0 Å². The van der Waals surface area contributed by atoms with Gasteiger partial charge in [0, 0.05) is 11.8 Å². The van der Waals surface area contributed by atoms with Gasteiger partial charge in [0.05, 0.1) is 15.6 Å². The summed E-state index contributed by atoms with van der Waals surface area (Å²) in [6.45, 7) is 4.20. The number of nitrogens with one attached hydrogen (secondary N) is 1. The summed E-state index contributed by atoms with van der Waals surface area (Å²) >= 11 is 1.55. The number of aryl methyl sites for hydroxylation is 1. The minimum atomic E-state index is -0.513. The fourth-order valence-corrected chi connectivity index (χ4v) is 6.47. The molecule has 3 aliphatic rings. The Morgan fingerprint density at radius 2 is 1.63 bits per heavy atom. The second kappa shape index (κ2) is 6.26. The Morgan fingerprint density at radius 1 is 1.00 bits per heavy atom. The number of amides is 1. The van der Waals surface area contributed by atoms with Gasteiger partial charge in [-0.25, -0.2) is 4.98 Å². The predicted molar refractivity (Wildman–Crippen MR) is 122 cm³/mol. The van der Waals surface area contributed by atoms with Gasteiger partial charge in [0.2, 0.25) is 5.91 Å². The van der Waals surface area contributed by atoms with Gasteiger partial charge in [-0.05, 0) is 60.2 Å². The third-order valence-corrected chi connectivity index (χ3v) is 7.85. The molecule has 1 heterocycles. The Hall–Kier alpha value is -2.98. The fraction of sp³-hybridized carbons (Fsp3) is 0.231. The van der Waals surface area contributed by atoms with Crippen LogP contribution in [-0.4, -0.2) is 10.9 Å². The zero-order valence-corrected chi connectivity index (χ0v) is 17.8. The van der Waals surface area contributed by atoms with Crippen LogP contribution in [0, 0.1) is 12.3 Å². The second-order valence-electron chi connectivity index (χ2n) is 8.81. The fourth-order valence-electron chi connectivity index (χ4n) is 5.51. The standard InChI is InChI=1S/C26H22N2OS/c1-15-11-12-21-22(13-15)30-25(27-21)28-24(29)26(2)14-20-16-7-3-5-9-18(16)23(26)19-10-6-4-8-17(19)20/h3-13,20,23H,14H2,1-2H3,(H,27,28,29). The summed E-state index contributed by atoms with van der Waals surface area (Å²) in [4.78, 5) is 18.4. The number of hydrogen-bond acceptors (Lipinski definition) is 3. The maximum atomic E-state index is 13.7. The molecule has 0 spiro atoms. The first-order valence-corrected chi connectivity index (χ1v) is 11.2. The van der Waals surface area contributed by atoms with Crippen molar-refractivity contribution in [3.8, 4) is 0 Å². The molecule has 0 saturated heterocycles. The second-order valence-corrected chi connectivity index (χ2v) is 9.84. The van der Waals surface area contributed by atoms with Crippen LogP contribution in [-0.2, 0) is 4.79 Å². The molecule has 4 aromatic rings. The van der Waals surface area contributed by atoms with Gasteiger partial charge >= 0.3 is 0 Å². The normalized spacial score (nSPS) is 23.8. The molecule has 7 rings (SSSR count). The van der Waals surface area contributed by atoms with E-state index in [0.29, 0.717) is 5.13 Å². The molecule has 3 aromatic carbocycles. The lowest BCUT2D eigenvalue weighted by Gasteiger charge is -2.50. The molecule has 1 aromatic heterocycles. The Morgan fingerprint density at radius 3 is 2.30 bits per heavy atom. The SMILES string of the molecule is Cc1ccc2nc(NC(=O)C3(C)CC4c5ccccc5C3c3ccccc34)sc2c1. The topological polar surface area (TPSA) is 42.0 Å². The summed E-state index contributed by atoms with van der Waals surface area (Å²) in [6.07, 6.45) is 0.821. The van der Waals surface area contributed by atoms with Crippen molar-refractivity contribution in [2.24, 2.45) is 5.41 Å². The Kier molecular flexibility index (Phi) is 3.72. The molecule has 0 aliphatic heterocycles. The van der Waals surface area contributed by atoms with Crippen LogP contribution in [0.3, 0.4) is 0 Å². The van der Waals surface area contributed by atoms with E-state index in [1.807, 2.05) is 6.07 Å². The predicted octanol–water partition coefficient (Wildman–Crippen LogP) is 6.23. The first kappa shape index (κ1) is 17.8. The number of carbonyl (C=O) groups is 1. The lowest BCUT2D eigenvalue weighted by atomic mass is 9.52. The lowest BCUT2D eigenvalue weighted by Crippen LogP contribution is -2.47. The van der Waals surface area contributed by atoms with Gasteiger partial charge in [0.15, 0.2) is 5.13 Å². The van der Waals surface area contributed by atoms with Crippen molar-refractivity contribution in [1.82, 2.24) is 4.98 Å². The molecule has 0 radical (unpaired) electrons. The van der Waals surface area contributed by atoms with Crippen LogP contribution in [0.15, 0.2) is 66.7 Å². The number of nitrogens with zero attached hydrogens (tertiary/aromatic N) is 1. The molecule has 1 atom stereocenters. The zero-order chi connectivity index (χ0) is 20.5. The largest absolute Gasteiger partial charge is 0.301 e. The van der Waals surface area contributed by atoms with Crippen molar-refractivity contribution >= 4 is 32.6 Å². The van der Waals surface area contributed by atoms with Crippen LogP contribution in [0.25, 0.3) is 10.2 Å². The molecule has 3 aliphatic carbocycles. The molecule has 3 nitrogen and oxygen atoms in total. The Balaban J connectivity index is 1.42. The number of aromatic nitrogens is 1. The van der Waals surface area contributed by atoms with Crippen LogP contribution in [0.4, 0.5) is 5.13 Å². The monoisotopic (exact) mass is 410 g/mol. The van der Waals surface area contributed by atoms with Crippen molar-refractivity contribution in [2.45, 2.75) is 32.1 Å². The summed E-state index contributed by atoms with van der Waals surface area (Å²) in [5.74, 6) is 0.389. The molecular formula is C26H22N2OS. The van der Waals surface area contributed by atoms with E-state index < -0.39 is 5.41 Å². The Bertz CT molecular complexity index is 1280. The summed E-state index contributed by atoms with van der Waals surface area (Å²) < 4.78 is 1.11. The third-order valence-electron chi connectivity index (χ3n) is 6.91. The Labute approximate surface area is 179 Å². The van der Waals surface area contributed by atoms with E-state index in [1.54, 1.807) is 11.3 Å². The smallest absolute Gasteiger partial charge is 0.233 e. The molecule has 1 amide bonds. The highest BCUT2D eigenvalue weighted by Gasteiger charge is 2.53. The number of thiazole rings is 1. The highest BCUT2D eigenvalue weighted by Crippen LogP contribution is 2.61. The van der Waals surface area contributed by atoms with Gasteiger partial charge in [-0.3, -0.25) is 4.79 Å². The number of anilines is 1. The van der Waals surface area contributed by atoms with E-state index in [0.717, 1.165) is 16.6 Å². The lowest BCUT2D eigenvalue weighted by molar-refractivity contribution is -0.126. The number of hydrogen-bond donors (Lipinski definition) is 1. The quantitative estimate of drug-likeness (QED) is 0.426. The highest BCUT2D eigenvalue weighted by atomic mass is 32.1. The van der Waals surface area contributed by atoms with E-state index in [9.17, 15) is 4.79 Å². The summed E-state index contributed by atoms with van der Waals surface area (Å²) in [5, 5.41) is 3.86. The van der Waals surface area contributed by atoms with Crippen molar-refractivity contribution in [3.63, 3.8) is 0 Å². The molecule has 4 heteroatoms. The molecule has 30 heavy (non-hydrogen) atoms. The minimum Gasteiger partial charge on any atom is -0.301 e. The van der Waals surface area contributed by atoms with Gasteiger partial charge in [-0.1, -0.05) is 65.9 Å². The van der Waals surface area contributed by atoms with Gasteiger partial charge in [0.25, 0.3) is 0 Å². The molecule has 0 saturated carbocycles. The zero-order valence-electron chi connectivity index (χ0n) is 17.0. The molecule has 0 fully saturated rings. The average molecular weight is 411 g/mol. The van der Waals surface area contributed by atoms with Crippen LogP contribution in [0.5, 0.6) is 0 Å². The average Bonchev–Trinajstić information content (AvgIpc) is 3.15. The number of benzene rings is 3. The van der Waals surface area contributed by atoms with Crippen molar-refractivity contribution in [3.05, 3.63) is 94.5 Å². The van der Waals surface area contributed by atoms with Gasteiger partial charge in [0.1, 0.15) is 0 Å². The summed E-state index contributed by atoms with van der Waals surface area (Å²) in [6, 6.07) is 23.5. The van der Waals surface area contributed by atoms with Crippen molar-refractivity contribution in [2.75, 3.05) is 5.32 Å². The number of carbonyl (C=O) groups excluding carboxylic acids is 1. The molecular weight excluding hydrogens is 388 g/mol. The maximum absolute atomic E-state index is 13.7. The van der Waals surface area contributed by atoms with Crippen LogP contribution < -0.4 is 5.32 Å². The number of rotatable bonds is 2. The third kappa shape index (κ3) is 2.43. The van der Waals surface area contributed by atoms with E-state index in [-0.39, 0.29) is 17.7 Å². The number of fused-ring (bicyclic) bond motifs is 2. The molecule has 2 bridgehead atoms. The van der Waals surface area contributed by atoms with Gasteiger partial charge in [-0.2, -0.15) is 0 Å². The van der Waals surface area contributed by atoms with Crippen molar-refractivity contribution < 1.29 is 4.79 Å². The molecule has 148 valence electrons. The highest BCUT2D eigenvalue weighted by molar-refractivity contribution is 7.22. The first-order valence-electron chi connectivity index (χ1n) is 10.4.